The first-order valence-electron chi connectivity index (χ1n) is 6.20. The third-order valence-electron chi connectivity index (χ3n) is 3.24. The fraction of sp³-hybridized carbons (Fsp3) is 0.357. The molecule has 1 amide bonds. The molecule has 5 heteroatoms. The van der Waals surface area contributed by atoms with Gasteiger partial charge in [-0.25, -0.2) is 0 Å². The number of nitriles is 2. The van der Waals surface area contributed by atoms with Crippen LogP contribution in [0.15, 0.2) is 18.2 Å². The van der Waals surface area contributed by atoms with Crippen LogP contribution < -0.4 is 10.6 Å². The van der Waals surface area contributed by atoms with E-state index in [4.69, 9.17) is 10.5 Å². The molecule has 0 saturated carbocycles. The number of nitrogens with zero attached hydrogens (tertiary/aromatic N) is 2. The number of nitrogens with one attached hydrogen (secondary N) is 2. The van der Waals surface area contributed by atoms with E-state index in [2.05, 4.69) is 10.6 Å². The molecular weight excluding hydrogens is 240 g/mol. The Morgan fingerprint density at radius 3 is 2.53 bits per heavy atom. The number of hydrogen-bond acceptors (Lipinski definition) is 4. The Morgan fingerprint density at radius 1 is 1.21 bits per heavy atom. The molecule has 0 aromatic heterocycles. The normalized spacial score (nSPS) is 15.3. The monoisotopic (exact) mass is 254 g/mol. The van der Waals surface area contributed by atoms with E-state index >= 15 is 0 Å². The minimum absolute atomic E-state index is 0.0161. The highest BCUT2D eigenvalue weighted by molar-refractivity contribution is 5.92. The highest BCUT2D eigenvalue weighted by Gasteiger charge is 2.20. The standard InChI is InChI=1S/C14H14N4O/c15-8-11-1-2-13(7-12(11)9-16)18-14(19)10-3-5-17-6-4-10/h1-2,7,10,17H,3-6H2,(H,18,19). The van der Waals surface area contributed by atoms with Crippen LogP contribution in [0.4, 0.5) is 5.69 Å². The molecule has 2 N–H and O–H groups in total. The molecule has 1 aromatic rings. The third-order valence-corrected chi connectivity index (χ3v) is 3.24. The Balaban J connectivity index is 2.09. The quantitative estimate of drug-likeness (QED) is 0.834. The highest BCUT2D eigenvalue weighted by atomic mass is 16.1. The number of anilines is 1. The van der Waals surface area contributed by atoms with Gasteiger partial charge in [0.05, 0.1) is 11.1 Å². The number of hydrogen-bond donors (Lipinski definition) is 2. The minimum atomic E-state index is -0.0184. The molecule has 0 bridgehead atoms. The molecule has 19 heavy (non-hydrogen) atoms. The molecule has 1 aliphatic heterocycles. The lowest BCUT2D eigenvalue weighted by Gasteiger charge is -2.21. The van der Waals surface area contributed by atoms with Crippen molar-refractivity contribution in [2.75, 3.05) is 18.4 Å². The van der Waals surface area contributed by atoms with E-state index in [1.54, 1.807) is 12.1 Å². The number of rotatable bonds is 2. The van der Waals surface area contributed by atoms with Gasteiger partial charge in [0.15, 0.2) is 0 Å². The van der Waals surface area contributed by atoms with Crippen LogP contribution in [-0.2, 0) is 4.79 Å². The van der Waals surface area contributed by atoms with Crippen LogP contribution in [0.25, 0.3) is 0 Å². The first-order valence-corrected chi connectivity index (χ1v) is 6.20. The van der Waals surface area contributed by atoms with E-state index in [0.29, 0.717) is 11.3 Å². The largest absolute Gasteiger partial charge is 0.326 e. The van der Waals surface area contributed by atoms with Gasteiger partial charge in [0.2, 0.25) is 5.91 Å². The molecule has 0 radical (unpaired) electrons. The van der Waals surface area contributed by atoms with Gasteiger partial charge < -0.3 is 10.6 Å². The number of carbonyl (C=O) groups excluding carboxylic acids is 1. The molecule has 1 aliphatic rings. The van der Waals surface area contributed by atoms with Gasteiger partial charge in [-0.05, 0) is 44.1 Å². The second-order valence-corrected chi connectivity index (χ2v) is 4.50. The molecule has 1 saturated heterocycles. The van der Waals surface area contributed by atoms with Crippen molar-refractivity contribution < 1.29 is 4.79 Å². The van der Waals surface area contributed by atoms with Crippen LogP contribution in [0.3, 0.4) is 0 Å². The number of carbonyl (C=O) groups is 1. The van der Waals surface area contributed by atoms with Crippen molar-refractivity contribution in [3.8, 4) is 12.1 Å². The predicted molar refractivity (Wildman–Crippen MR) is 70.1 cm³/mol. The molecule has 0 unspecified atom stereocenters. The Labute approximate surface area is 111 Å². The third kappa shape index (κ3) is 3.09. The van der Waals surface area contributed by atoms with Crippen molar-refractivity contribution >= 4 is 11.6 Å². The molecule has 2 rings (SSSR count). The van der Waals surface area contributed by atoms with Gasteiger partial charge in [0.25, 0.3) is 0 Å². The van der Waals surface area contributed by atoms with Crippen molar-refractivity contribution in [1.29, 1.82) is 10.5 Å². The van der Waals surface area contributed by atoms with Gasteiger partial charge >= 0.3 is 0 Å². The number of benzene rings is 1. The zero-order chi connectivity index (χ0) is 13.7. The molecule has 1 aromatic carbocycles. The van der Waals surface area contributed by atoms with Crippen molar-refractivity contribution in [1.82, 2.24) is 5.32 Å². The molecular formula is C14H14N4O. The lowest BCUT2D eigenvalue weighted by atomic mass is 9.97. The van der Waals surface area contributed by atoms with Gasteiger partial charge in [-0.3, -0.25) is 4.79 Å². The average molecular weight is 254 g/mol. The maximum absolute atomic E-state index is 12.0. The van der Waals surface area contributed by atoms with E-state index in [0.717, 1.165) is 25.9 Å². The Kier molecular flexibility index (Phi) is 4.12. The molecule has 0 atom stereocenters. The highest BCUT2D eigenvalue weighted by Crippen LogP contribution is 2.18. The van der Waals surface area contributed by atoms with Crippen LogP contribution in [-0.4, -0.2) is 19.0 Å². The fourth-order valence-corrected chi connectivity index (χ4v) is 2.14. The topological polar surface area (TPSA) is 88.7 Å². The SMILES string of the molecule is N#Cc1ccc(NC(=O)C2CCNCC2)cc1C#N. The van der Waals surface area contributed by atoms with Crippen molar-refractivity contribution in [2.24, 2.45) is 5.92 Å². The predicted octanol–water partition coefficient (Wildman–Crippen LogP) is 1.37. The summed E-state index contributed by atoms with van der Waals surface area (Å²) in [4.78, 5) is 12.0. The van der Waals surface area contributed by atoms with Crippen LogP contribution in [0, 0.1) is 28.6 Å². The molecule has 5 nitrogen and oxygen atoms in total. The summed E-state index contributed by atoms with van der Waals surface area (Å²) in [5.41, 5.74) is 1.17. The number of piperidine rings is 1. The summed E-state index contributed by atoms with van der Waals surface area (Å²) in [6, 6.07) is 8.65. The van der Waals surface area contributed by atoms with Crippen molar-refractivity contribution in [3.05, 3.63) is 29.3 Å². The average Bonchev–Trinajstić information content (AvgIpc) is 2.48. The van der Waals surface area contributed by atoms with Crippen molar-refractivity contribution in [3.63, 3.8) is 0 Å². The van der Waals surface area contributed by atoms with Crippen LogP contribution in [0.5, 0.6) is 0 Å². The molecule has 0 spiro atoms. The van der Waals surface area contributed by atoms with Crippen LogP contribution in [0.2, 0.25) is 0 Å². The fourth-order valence-electron chi connectivity index (χ4n) is 2.14. The molecule has 96 valence electrons. The zero-order valence-corrected chi connectivity index (χ0v) is 10.4. The first kappa shape index (κ1) is 13.1. The summed E-state index contributed by atoms with van der Waals surface area (Å²) < 4.78 is 0. The maximum atomic E-state index is 12.0. The van der Waals surface area contributed by atoms with E-state index < -0.39 is 0 Å². The van der Waals surface area contributed by atoms with E-state index in [1.807, 2.05) is 12.1 Å². The second kappa shape index (κ2) is 5.99. The van der Waals surface area contributed by atoms with E-state index in [9.17, 15) is 4.79 Å². The molecule has 1 fully saturated rings. The lowest BCUT2D eigenvalue weighted by molar-refractivity contribution is -0.120. The second-order valence-electron chi connectivity index (χ2n) is 4.50. The summed E-state index contributed by atoms with van der Waals surface area (Å²) in [7, 11) is 0. The summed E-state index contributed by atoms with van der Waals surface area (Å²) in [5.74, 6) is -0.00229. The van der Waals surface area contributed by atoms with Crippen LogP contribution >= 0.6 is 0 Å². The van der Waals surface area contributed by atoms with Gasteiger partial charge in [-0.1, -0.05) is 0 Å². The Hall–Kier alpha value is -2.37. The van der Waals surface area contributed by atoms with Crippen LogP contribution in [0.1, 0.15) is 24.0 Å². The van der Waals surface area contributed by atoms with E-state index in [1.165, 1.54) is 6.07 Å². The summed E-state index contributed by atoms with van der Waals surface area (Å²) in [5, 5.41) is 23.8. The minimum Gasteiger partial charge on any atom is -0.326 e. The smallest absolute Gasteiger partial charge is 0.227 e. The summed E-state index contributed by atoms with van der Waals surface area (Å²) in [6.45, 7) is 1.71. The number of amides is 1. The Bertz CT molecular complexity index is 562. The molecule has 0 aliphatic carbocycles. The molecule has 1 heterocycles. The van der Waals surface area contributed by atoms with Gasteiger partial charge in [0, 0.05) is 11.6 Å². The summed E-state index contributed by atoms with van der Waals surface area (Å²) in [6.07, 6.45) is 1.65. The Morgan fingerprint density at radius 2 is 1.89 bits per heavy atom. The lowest BCUT2D eigenvalue weighted by Crippen LogP contribution is -2.34. The van der Waals surface area contributed by atoms with Crippen molar-refractivity contribution in [2.45, 2.75) is 12.8 Å². The maximum Gasteiger partial charge on any atom is 0.227 e. The first-order chi connectivity index (χ1) is 9.24. The van der Waals surface area contributed by atoms with E-state index in [-0.39, 0.29) is 17.4 Å². The summed E-state index contributed by atoms with van der Waals surface area (Å²) >= 11 is 0. The van der Waals surface area contributed by atoms with Gasteiger partial charge in [-0.2, -0.15) is 10.5 Å². The van der Waals surface area contributed by atoms with Gasteiger partial charge in [-0.15, -0.1) is 0 Å². The zero-order valence-electron chi connectivity index (χ0n) is 10.4. The van der Waals surface area contributed by atoms with Gasteiger partial charge in [0.1, 0.15) is 12.1 Å².